The predicted molar refractivity (Wildman–Crippen MR) is 115 cm³/mol. The zero-order valence-electron chi connectivity index (χ0n) is 13.8. The SMILES string of the molecule is O=C(/C=C\c1ccccc1)NC(NC(=S)Nc1ccccc1O)C(Cl)(Cl)Cl. The van der Waals surface area contributed by atoms with Crippen LogP contribution in [0.1, 0.15) is 5.56 Å². The van der Waals surface area contributed by atoms with Crippen LogP contribution in [0.4, 0.5) is 5.69 Å². The number of anilines is 1. The second kappa shape index (κ2) is 9.80. The zero-order chi connectivity index (χ0) is 19.9. The van der Waals surface area contributed by atoms with Crippen molar-refractivity contribution in [3.05, 3.63) is 66.2 Å². The molecular weight excluding hydrogens is 429 g/mol. The maximum absolute atomic E-state index is 12.1. The number of para-hydroxylation sites is 2. The number of benzene rings is 2. The summed E-state index contributed by atoms with van der Waals surface area (Å²) in [4.78, 5) is 12.1. The number of carbonyl (C=O) groups is 1. The summed E-state index contributed by atoms with van der Waals surface area (Å²) >= 11 is 23.0. The third kappa shape index (κ3) is 7.27. The molecule has 0 aliphatic rings. The lowest BCUT2D eigenvalue weighted by molar-refractivity contribution is -0.117. The van der Waals surface area contributed by atoms with Crippen LogP contribution >= 0.6 is 47.0 Å². The van der Waals surface area contributed by atoms with Gasteiger partial charge < -0.3 is 21.1 Å². The molecule has 0 saturated heterocycles. The number of carbonyl (C=O) groups excluding carboxylic acids is 1. The van der Waals surface area contributed by atoms with E-state index in [0.29, 0.717) is 5.69 Å². The molecule has 5 nitrogen and oxygen atoms in total. The zero-order valence-corrected chi connectivity index (χ0v) is 16.9. The standard InChI is InChI=1S/C18H16Cl3N3O2S/c19-18(20,21)16(23-15(26)11-10-12-6-2-1-3-7-12)24-17(27)22-13-8-4-5-9-14(13)25/h1-11,16,25H,(H,23,26)(H2,22,24,27)/b11-10-. The van der Waals surface area contributed by atoms with E-state index in [1.807, 2.05) is 30.3 Å². The molecule has 2 aromatic carbocycles. The van der Waals surface area contributed by atoms with Gasteiger partial charge >= 0.3 is 0 Å². The average Bonchev–Trinajstić information content (AvgIpc) is 2.61. The molecule has 0 saturated carbocycles. The first kappa shape index (κ1) is 21.3. The van der Waals surface area contributed by atoms with Crippen LogP contribution in [0.15, 0.2) is 60.7 Å². The summed E-state index contributed by atoms with van der Waals surface area (Å²) < 4.78 is -1.87. The van der Waals surface area contributed by atoms with E-state index in [4.69, 9.17) is 47.0 Å². The van der Waals surface area contributed by atoms with Crippen molar-refractivity contribution in [3.63, 3.8) is 0 Å². The van der Waals surface area contributed by atoms with Gasteiger partial charge in [-0.25, -0.2) is 0 Å². The Labute approximate surface area is 177 Å². The number of nitrogens with one attached hydrogen (secondary N) is 3. The van der Waals surface area contributed by atoms with Gasteiger partial charge in [0.05, 0.1) is 5.69 Å². The topological polar surface area (TPSA) is 73.4 Å². The van der Waals surface area contributed by atoms with E-state index >= 15 is 0 Å². The molecule has 142 valence electrons. The maximum atomic E-state index is 12.1. The second-order valence-electron chi connectivity index (χ2n) is 5.34. The number of hydrogen-bond donors (Lipinski definition) is 4. The van der Waals surface area contributed by atoms with Gasteiger partial charge in [-0.2, -0.15) is 0 Å². The van der Waals surface area contributed by atoms with Gasteiger partial charge in [0, 0.05) is 6.08 Å². The average molecular weight is 445 g/mol. The number of hydrogen-bond acceptors (Lipinski definition) is 3. The van der Waals surface area contributed by atoms with Crippen molar-refractivity contribution in [1.29, 1.82) is 0 Å². The molecule has 1 amide bonds. The van der Waals surface area contributed by atoms with Crippen molar-refractivity contribution in [1.82, 2.24) is 10.6 Å². The van der Waals surface area contributed by atoms with Crippen LogP contribution in [0.5, 0.6) is 5.75 Å². The minimum absolute atomic E-state index is 0.00177. The molecule has 1 atom stereocenters. The monoisotopic (exact) mass is 443 g/mol. The van der Waals surface area contributed by atoms with E-state index in [1.165, 1.54) is 12.1 Å². The van der Waals surface area contributed by atoms with Crippen LogP contribution in [0.2, 0.25) is 0 Å². The fourth-order valence-corrected chi connectivity index (χ4v) is 2.55. The number of halogens is 3. The van der Waals surface area contributed by atoms with Gasteiger partial charge in [-0.3, -0.25) is 4.79 Å². The molecule has 27 heavy (non-hydrogen) atoms. The van der Waals surface area contributed by atoms with Gasteiger partial charge in [-0.15, -0.1) is 0 Å². The minimum Gasteiger partial charge on any atom is -0.506 e. The quantitative estimate of drug-likeness (QED) is 0.183. The smallest absolute Gasteiger partial charge is 0.245 e. The Morgan fingerprint density at radius 3 is 2.30 bits per heavy atom. The lowest BCUT2D eigenvalue weighted by Gasteiger charge is -2.27. The number of phenols is 1. The third-order valence-electron chi connectivity index (χ3n) is 3.27. The molecule has 4 N–H and O–H groups in total. The number of aromatic hydroxyl groups is 1. The van der Waals surface area contributed by atoms with E-state index in [9.17, 15) is 9.90 Å². The Morgan fingerprint density at radius 2 is 1.67 bits per heavy atom. The Kier molecular flexibility index (Phi) is 7.74. The molecule has 0 radical (unpaired) electrons. The summed E-state index contributed by atoms with van der Waals surface area (Å²) in [6.45, 7) is 0. The Balaban J connectivity index is 2.00. The van der Waals surface area contributed by atoms with Crippen LogP contribution in [-0.4, -0.2) is 26.1 Å². The van der Waals surface area contributed by atoms with Gasteiger partial charge in [-0.05, 0) is 36.0 Å². The van der Waals surface area contributed by atoms with Crippen molar-refractivity contribution in [3.8, 4) is 5.75 Å². The molecule has 0 aliphatic heterocycles. The highest BCUT2D eigenvalue weighted by atomic mass is 35.6. The van der Waals surface area contributed by atoms with Crippen molar-refractivity contribution in [2.24, 2.45) is 0 Å². The van der Waals surface area contributed by atoms with E-state index in [1.54, 1.807) is 24.3 Å². The fourth-order valence-electron chi connectivity index (χ4n) is 2.00. The highest BCUT2D eigenvalue weighted by Crippen LogP contribution is 2.29. The maximum Gasteiger partial charge on any atom is 0.245 e. The van der Waals surface area contributed by atoms with E-state index in [2.05, 4.69) is 16.0 Å². The van der Waals surface area contributed by atoms with Crippen molar-refractivity contribution < 1.29 is 9.90 Å². The number of amides is 1. The lowest BCUT2D eigenvalue weighted by Crippen LogP contribution is -2.55. The number of alkyl halides is 3. The molecule has 9 heteroatoms. The molecule has 0 aliphatic carbocycles. The van der Waals surface area contributed by atoms with Crippen LogP contribution in [-0.2, 0) is 4.79 Å². The van der Waals surface area contributed by atoms with Gasteiger partial charge in [0.25, 0.3) is 0 Å². The van der Waals surface area contributed by atoms with Crippen molar-refractivity contribution in [2.45, 2.75) is 9.96 Å². The third-order valence-corrected chi connectivity index (χ3v) is 4.14. The van der Waals surface area contributed by atoms with E-state index in [0.717, 1.165) is 5.56 Å². The largest absolute Gasteiger partial charge is 0.506 e. The normalized spacial score (nSPS) is 12.4. The Bertz CT molecular complexity index is 826. The number of rotatable bonds is 5. The predicted octanol–water partition coefficient (Wildman–Crippen LogP) is 4.20. The first-order valence-corrected chi connectivity index (χ1v) is 9.26. The molecule has 0 fully saturated rings. The second-order valence-corrected chi connectivity index (χ2v) is 8.12. The summed E-state index contributed by atoms with van der Waals surface area (Å²) in [5, 5.41) is 17.8. The van der Waals surface area contributed by atoms with Crippen LogP contribution < -0.4 is 16.0 Å². The molecule has 2 rings (SSSR count). The van der Waals surface area contributed by atoms with Gasteiger partial charge in [0.2, 0.25) is 9.70 Å². The summed E-state index contributed by atoms with van der Waals surface area (Å²) in [6, 6.07) is 15.8. The lowest BCUT2D eigenvalue weighted by atomic mass is 10.2. The summed E-state index contributed by atoms with van der Waals surface area (Å²) in [5.74, 6) is -0.477. The molecular formula is C18H16Cl3N3O2S. The molecule has 2 aromatic rings. The molecule has 1 unspecified atom stereocenters. The van der Waals surface area contributed by atoms with E-state index < -0.39 is 15.9 Å². The fraction of sp³-hybridized carbons (Fsp3) is 0.111. The highest BCUT2D eigenvalue weighted by Gasteiger charge is 2.34. The molecule has 0 heterocycles. The van der Waals surface area contributed by atoms with E-state index in [-0.39, 0.29) is 10.9 Å². The van der Waals surface area contributed by atoms with Crippen LogP contribution in [0.3, 0.4) is 0 Å². The molecule has 0 bridgehead atoms. The summed E-state index contributed by atoms with van der Waals surface area (Å²) in [6.07, 6.45) is 1.84. The summed E-state index contributed by atoms with van der Waals surface area (Å²) in [5.41, 5.74) is 1.22. The van der Waals surface area contributed by atoms with Gasteiger partial charge in [-0.1, -0.05) is 77.3 Å². The first-order chi connectivity index (χ1) is 12.8. The number of thiocarbonyl (C=S) groups is 1. The highest BCUT2D eigenvalue weighted by molar-refractivity contribution is 7.80. The van der Waals surface area contributed by atoms with Crippen LogP contribution in [0.25, 0.3) is 6.08 Å². The molecule has 0 aromatic heterocycles. The van der Waals surface area contributed by atoms with Crippen molar-refractivity contribution >= 4 is 69.8 Å². The van der Waals surface area contributed by atoms with Gasteiger partial charge in [0.15, 0.2) is 5.11 Å². The molecule has 0 spiro atoms. The number of phenolic OH excluding ortho intramolecular Hbond substituents is 1. The van der Waals surface area contributed by atoms with Crippen LogP contribution in [0, 0.1) is 0 Å². The minimum atomic E-state index is -1.87. The Hall–Kier alpha value is -1.99. The van der Waals surface area contributed by atoms with Crippen molar-refractivity contribution in [2.75, 3.05) is 5.32 Å². The van der Waals surface area contributed by atoms with Gasteiger partial charge in [0.1, 0.15) is 11.9 Å². The summed E-state index contributed by atoms with van der Waals surface area (Å²) in [7, 11) is 0. The Morgan fingerprint density at radius 1 is 1.04 bits per heavy atom. The first-order valence-electron chi connectivity index (χ1n) is 7.71.